The summed E-state index contributed by atoms with van der Waals surface area (Å²) in [5, 5.41) is 5.92. The van der Waals surface area contributed by atoms with Gasteiger partial charge in [0.05, 0.1) is 19.6 Å². The molecule has 0 aliphatic carbocycles. The number of benzene rings is 2. The van der Waals surface area contributed by atoms with Gasteiger partial charge < -0.3 is 25.0 Å². The molecule has 41 heavy (non-hydrogen) atoms. The Balaban J connectivity index is 0.00000588. The largest absolute Gasteiger partial charge is 0.493 e. The van der Waals surface area contributed by atoms with E-state index in [2.05, 4.69) is 35.6 Å². The van der Waals surface area contributed by atoms with E-state index in [0.717, 1.165) is 30.1 Å². The summed E-state index contributed by atoms with van der Waals surface area (Å²) < 4.78 is 11.5. The van der Waals surface area contributed by atoms with E-state index in [4.69, 9.17) is 9.47 Å². The number of thioether (sulfide) groups is 1. The lowest BCUT2D eigenvalue weighted by atomic mass is 10.1. The average Bonchev–Trinajstić information content (AvgIpc) is 3.37. The number of halogens is 1. The fourth-order valence-electron chi connectivity index (χ4n) is 4.88. The molecule has 1 heterocycles. The lowest BCUT2D eigenvalue weighted by Crippen LogP contribution is -2.21. The second-order valence-electron chi connectivity index (χ2n) is 10.6. The fourth-order valence-corrected chi connectivity index (χ4v) is 5.64. The Morgan fingerprint density at radius 2 is 1.54 bits per heavy atom. The predicted octanol–water partition coefficient (Wildman–Crippen LogP) is 10.4. The first-order chi connectivity index (χ1) is 19.6. The van der Waals surface area contributed by atoms with Gasteiger partial charge in [-0.25, -0.2) is 4.79 Å². The van der Waals surface area contributed by atoms with E-state index in [9.17, 15) is 4.79 Å². The highest BCUT2D eigenvalue weighted by Gasteiger charge is 2.14. The number of carbonyl (C=O) groups excluding carboxylic acids is 1. The summed E-state index contributed by atoms with van der Waals surface area (Å²) in [6.07, 6.45) is 18.0. The van der Waals surface area contributed by atoms with Gasteiger partial charge in [-0.1, -0.05) is 95.8 Å². The molecule has 2 aromatic rings. The average molecular weight is 649 g/mol. The molecule has 1 aliphatic rings. The highest BCUT2D eigenvalue weighted by atomic mass is 79.9. The number of rotatable bonds is 19. The van der Waals surface area contributed by atoms with Crippen molar-refractivity contribution >= 4 is 46.1 Å². The molecule has 0 saturated carbocycles. The number of methoxy groups -OCH3 is 1. The van der Waals surface area contributed by atoms with E-state index in [1.807, 2.05) is 48.2 Å². The first-order valence-corrected chi connectivity index (χ1v) is 16.1. The van der Waals surface area contributed by atoms with Crippen LogP contribution in [0.25, 0.3) is 0 Å². The third kappa shape index (κ3) is 13.5. The quantitative estimate of drug-likeness (QED) is 0.149. The zero-order chi connectivity index (χ0) is 28.4. The topological polar surface area (TPSA) is 62.8 Å². The number of ether oxygens (including phenoxy) is 2. The van der Waals surface area contributed by atoms with Crippen molar-refractivity contribution in [2.75, 3.05) is 30.2 Å². The number of amides is 2. The number of urea groups is 1. The van der Waals surface area contributed by atoms with Crippen LogP contribution < -0.4 is 20.1 Å². The first kappa shape index (κ1) is 34.9. The summed E-state index contributed by atoms with van der Waals surface area (Å²) >= 11 is 1.83. The molecule has 0 unspecified atom stereocenters. The lowest BCUT2D eigenvalue weighted by molar-refractivity contribution is 0.262. The summed E-state index contributed by atoms with van der Waals surface area (Å²) in [6.45, 7) is 5.81. The smallest absolute Gasteiger partial charge is 0.323 e. The van der Waals surface area contributed by atoms with Crippen LogP contribution >= 0.6 is 28.7 Å². The number of allylic oxidation sites excluding steroid dienone is 1. The summed E-state index contributed by atoms with van der Waals surface area (Å²) in [4.78, 5) is 16.3. The van der Waals surface area contributed by atoms with Gasteiger partial charge >= 0.3 is 6.03 Å². The maximum Gasteiger partial charge on any atom is 0.323 e. The van der Waals surface area contributed by atoms with Crippen LogP contribution in [0.2, 0.25) is 0 Å². The molecule has 228 valence electrons. The Morgan fingerprint density at radius 1 is 0.878 bits per heavy atom. The molecule has 2 N–H and O–H groups in total. The summed E-state index contributed by atoms with van der Waals surface area (Å²) in [6, 6.07) is 13.1. The summed E-state index contributed by atoms with van der Waals surface area (Å²) in [7, 11) is 1.62. The van der Waals surface area contributed by atoms with Crippen LogP contribution in [-0.2, 0) is 6.54 Å². The fraction of sp³-hybridized carbons (Fsp3) is 0.545. The molecule has 0 aromatic heterocycles. The normalized spacial score (nSPS) is 12.5. The Bertz CT molecular complexity index is 1070. The van der Waals surface area contributed by atoms with Gasteiger partial charge in [-0.15, -0.1) is 28.7 Å². The van der Waals surface area contributed by atoms with Gasteiger partial charge in [-0.05, 0) is 42.0 Å². The molecular formula is C33H50BrN3O3S. The molecule has 2 aromatic carbocycles. The number of hydrogen-bond donors (Lipinski definition) is 2. The predicted molar refractivity (Wildman–Crippen MR) is 181 cm³/mol. The van der Waals surface area contributed by atoms with Crippen molar-refractivity contribution in [1.29, 1.82) is 0 Å². The number of hydrogen-bond acceptors (Lipinski definition) is 5. The molecule has 0 atom stereocenters. The minimum absolute atomic E-state index is 0. The lowest BCUT2D eigenvalue weighted by Gasteiger charge is -2.18. The Labute approximate surface area is 262 Å². The van der Waals surface area contributed by atoms with Crippen molar-refractivity contribution in [3.63, 3.8) is 0 Å². The van der Waals surface area contributed by atoms with Crippen molar-refractivity contribution in [2.24, 2.45) is 0 Å². The molecule has 0 radical (unpaired) electrons. The number of nitrogens with one attached hydrogen (secondary N) is 2. The Morgan fingerprint density at radius 3 is 2.17 bits per heavy atom. The SMILES string of the molecule is Br.CCCCCCCCCCCCCCOc1ccc(NC(=O)Nc2ccccc2CN2C=C(C)SC2)cc1OC. The van der Waals surface area contributed by atoms with Crippen LogP contribution in [-0.4, -0.2) is 30.5 Å². The molecular weight excluding hydrogens is 598 g/mol. The van der Waals surface area contributed by atoms with Crippen LogP contribution in [0.15, 0.2) is 53.6 Å². The molecule has 0 fully saturated rings. The van der Waals surface area contributed by atoms with E-state index >= 15 is 0 Å². The van der Waals surface area contributed by atoms with Gasteiger partial charge in [0, 0.05) is 30.2 Å². The zero-order valence-corrected chi connectivity index (χ0v) is 27.7. The highest BCUT2D eigenvalue weighted by Crippen LogP contribution is 2.31. The summed E-state index contributed by atoms with van der Waals surface area (Å²) in [5.41, 5.74) is 2.53. The van der Waals surface area contributed by atoms with Crippen LogP contribution in [0.1, 0.15) is 96.5 Å². The molecule has 0 spiro atoms. The molecule has 0 saturated heterocycles. The van der Waals surface area contributed by atoms with E-state index in [1.165, 1.54) is 75.5 Å². The number of carbonyl (C=O) groups is 1. The molecule has 0 bridgehead atoms. The van der Waals surface area contributed by atoms with Crippen molar-refractivity contribution in [3.8, 4) is 11.5 Å². The van der Waals surface area contributed by atoms with E-state index in [-0.39, 0.29) is 23.0 Å². The van der Waals surface area contributed by atoms with Crippen molar-refractivity contribution < 1.29 is 14.3 Å². The van der Waals surface area contributed by atoms with Gasteiger partial charge in [-0.2, -0.15) is 0 Å². The zero-order valence-electron chi connectivity index (χ0n) is 25.2. The van der Waals surface area contributed by atoms with E-state index < -0.39 is 0 Å². The van der Waals surface area contributed by atoms with Gasteiger partial charge in [0.25, 0.3) is 0 Å². The second kappa shape index (κ2) is 20.5. The Hall–Kier alpha value is -2.32. The standard InChI is InChI=1S/C33H49N3O3S.BrH/c1-4-5-6-7-8-9-10-11-12-13-14-17-22-39-31-21-20-29(23-32(31)38-3)34-33(37)35-30-19-16-15-18-28(30)25-36-24-27(2)40-26-36;/h15-16,18-21,23-24H,4-14,17,22,25-26H2,1-3H3,(H2,34,35,37);1H. The maximum atomic E-state index is 12.8. The molecule has 3 rings (SSSR count). The molecule has 8 heteroatoms. The van der Waals surface area contributed by atoms with Gasteiger partial charge in [-0.3, -0.25) is 0 Å². The monoisotopic (exact) mass is 647 g/mol. The van der Waals surface area contributed by atoms with E-state index in [1.54, 1.807) is 13.2 Å². The van der Waals surface area contributed by atoms with Gasteiger partial charge in [0.1, 0.15) is 0 Å². The third-order valence-corrected chi connectivity index (χ3v) is 8.16. The Kier molecular flexibility index (Phi) is 17.5. The number of anilines is 2. The van der Waals surface area contributed by atoms with Crippen LogP contribution in [0.3, 0.4) is 0 Å². The van der Waals surface area contributed by atoms with Crippen LogP contribution in [0, 0.1) is 0 Å². The molecule has 6 nitrogen and oxygen atoms in total. The first-order valence-electron chi connectivity index (χ1n) is 15.1. The number of unbranched alkanes of at least 4 members (excludes halogenated alkanes) is 11. The van der Waals surface area contributed by atoms with Gasteiger partial charge in [0.15, 0.2) is 11.5 Å². The number of para-hydroxylation sites is 1. The van der Waals surface area contributed by atoms with Crippen LogP contribution in [0.5, 0.6) is 11.5 Å². The third-order valence-electron chi connectivity index (χ3n) is 7.14. The molecule has 1 aliphatic heterocycles. The van der Waals surface area contributed by atoms with Gasteiger partial charge in [0.2, 0.25) is 0 Å². The minimum atomic E-state index is -0.290. The van der Waals surface area contributed by atoms with Crippen molar-refractivity contribution in [2.45, 2.75) is 97.4 Å². The minimum Gasteiger partial charge on any atom is -0.493 e. The number of nitrogens with zero attached hydrogens (tertiary/aromatic N) is 1. The molecule has 2 amide bonds. The highest BCUT2D eigenvalue weighted by molar-refractivity contribution is 8.93. The van der Waals surface area contributed by atoms with Crippen molar-refractivity contribution in [3.05, 3.63) is 59.1 Å². The van der Waals surface area contributed by atoms with Crippen molar-refractivity contribution in [1.82, 2.24) is 4.90 Å². The second-order valence-corrected chi connectivity index (χ2v) is 11.8. The summed E-state index contributed by atoms with van der Waals surface area (Å²) in [5.74, 6) is 2.25. The maximum absolute atomic E-state index is 12.8. The van der Waals surface area contributed by atoms with Crippen LogP contribution in [0.4, 0.5) is 16.2 Å². The van der Waals surface area contributed by atoms with E-state index in [0.29, 0.717) is 23.8 Å².